The van der Waals surface area contributed by atoms with Crippen molar-refractivity contribution in [1.29, 1.82) is 0 Å². The average Bonchev–Trinajstić information content (AvgIpc) is 2.27. The van der Waals surface area contributed by atoms with E-state index in [4.69, 9.17) is 16.3 Å². The van der Waals surface area contributed by atoms with E-state index in [9.17, 15) is 0 Å². The van der Waals surface area contributed by atoms with Crippen molar-refractivity contribution in [2.24, 2.45) is 0 Å². The number of benzene rings is 1. The summed E-state index contributed by atoms with van der Waals surface area (Å²) in [6, 6.07) is 8.73. The fourth-order valence-corrected chi connectivity index (χ4v) is 1.91. The Kier molecular flexibility index (Phi) is 5.81. The highest BCUT2D eigenvalue weighted by Gasteiger charge is 2.11. The second kappa shape index (κ2) is 6.89. The Labute approximate surface area is 103 Å². The van der Waals surface area contributed by atoms with Crippen LogP contribution in [0.3, 0.4) is 0 Å². The molecule has 2 unspecified atom stereocenters. The normalized spacial score (nSPS) is 14.8. The lowest BCUT2D eigenvalue weighted by molar-refractivity contribution is 0.166. The fraction of sp³-hybridized carbons (Fsp3) is 0.538. The molecule has 90 valence electrons. The molecule has 0 fully saturated rings. The third-order valence-electron chi connectivity index (χ3n) is 2.58. The maximum absolute atomic E-state index is 5.87. The number of nitrogens with one attached hydrogen (secondary N) is 1. The summed E-state index contributed by atoms with van der Waals surface area (Å²) in [6.45, 7) is 5.03. The van der Waals surface area contributed by atoms with Crippen LogP contribution in [0.5, 0.6) is 0 Å². The Morgan fingerprint density at radius 1 is 1.31 bits per heavy atom. The summed E-state index contributed by atoms with van der Waals surface area (Å²) in [5.41, 5.74) is 1.27. The molecule has 0 heterocycles. The Morgan fingerprint density at radius 3 is 2.44 bits per heavy atom. The van der Waals surface area contributed by atoms with Crippen molar-refractivity contribution in [2.45, 2.75) is 32.4 Å². The van der Waals surface area contributed by atoms with Gasteiger partial charge in [0.25, 0.3) is 0 Å². The van der Waals surface area contributed by atoms with Crippen LogP contribution in [0.1, 0.15) is 31.9 Å². The summed E-state index contributed by atoms with van der Waals surface area (Å²) in [6.07, 6.45) is 1.05. The van der Waals surface area contributed by atoms with Gasteiger partial charge in [-0.1, -0.05) is 30.7 Å². The minimum absolute atomic E-state index is 0.352. The van der Waals surface area contributed by atoms with E-state index in [1.54, 1.807) is 7.11 Å². The zero-order valence-electron chi connectivity index (χ0n) is 10.2. The first-order valence-corrected chi connectivity index (χ1v) is 6.05. The van der Waals surface area contributed by atoms with Crippen molar-refractivity contribution in [1.82, 2.24) is 5.32 Å². The van der Waals surface area contributed by atoms with Crippen molar-refractivity contribution in [3.63, 3.8) is 0 Å². The predicted molar refractivity (Wildman–Crippen MR) is 69.0 cm³/mol. The van der Waals surface area contributed by atoms with Crippen LogP contribution in [0.25, 0.3) is 0 Å². The number of hydrogen-bond donors (Lipinski definition) is 1. The van der Waals surface area contributed by atoms with Gasteiger partial charge in [-0.2, -0.15) is 0 Å². The molecule has 1 N–H and O–H groups in total. The number of ether oxygens (including phenoxy) is 1. The van der Waals surface area contributed by atoms with Gasteiger partial charge in [-0.15, -0.1) is 0 Å². The van der Waals surface area contributed by atoms with E-state index >= 15 is 0 Å². The first-order valence-electron chi connectivity index (χ1n) is 5.67. The topological polar surface area (TPSA) is 21.3 Å². The number of halogens is 1. The fourth-order valence-electron chi connectivity index (χ4n) is 1.79. The molecule has 0 saturated heterocycles. The summed E-state index contributed by atoms with van der Waals surface area (Å²) in [7, 11) is 1.72. The molecule has 0 radical (unpaired) electrons. The molecule has 0 aromatic heterocycles. The Hall–Kier alpha value is -0.570. The van der Waals surface area contributed by atoms with Gasteiger partial charge in [-0.3, -0.25) is 0 Å². The molecule has 1 aromatic rings. The molecule has 0 aliphatic rings. The zero-order valence-corrected chi connectivity index (χ0v) is 10.9. The van der Waals surface area contributed by atoms with Crippen molar-refractivity contribution < 1.29 is 4.74 Å². The first kappa shape index (κ1) is 13.5. The van der Waals surface area contributed by atoms with E-state index in [1.165, 1.54) is 5.56 Å². The highest BCUT2D eigenvalue weighted by atomic mass is 35.5. The van der Waals surface area contributed by atoms with Gasteiger partial charge in [0.15, 0.2) is 0 Å². The molecule has 3 heteroatoms. The van der Waals surface area contributed by atoms with Gasteiger partial charge in [0.1, 0.15) is 0 Å². The number of hydrogen-bond acceptors (Lipinski definition) is 2. The largest absolute Gasteiger partial charge is 0.383 e. The number of methoxy groups -OCH3 is 1. The van der Waals surface area contributed by atoms with Crippen LogP contribution in [0, 0.1) is 0 Å². The summed E-state index contributed by atoms with van der Waals surface area (Å²) in [5.74, 6) is 0. The van der Waals surface area contributed by atoms with Crippen molar-refractivity contribution in [3.8, 4) is 0 Å². The van der Waals surface area contributed by atoms with Crippen LogP contribution in [0.2, 0.25) is 5.02 Å². The second-order valence-electron chi connectivity index (χ2n) is 4.04. The summed E-state index contributed by atoms with van der Waals surface area (Å²) >= 11 is 5.87. The van der Waals surface area contributed by atoms with Gasteiger partial charge in [0.05, 0.1) is 6.61 Å². The van der Waals surface area contributed by atoms with Crippen LogP contribution >= 0.6 is 11.6 Å². The van der Waals surface area contributed by atoms with Crippen LogP contribution < -0.4 is 5.32 Å². The Bertz CT molecular complexity index is 299. The quantitative estimate of drug-likeness (QED) is 0.824. The lowest BCUT2D eigenvalue weighted by Gasteiger charge is -2.22. The minimum atomic E-state index is 0.352. The van der Waals surface area contributed by atoms with E-state index in [0.717, 1.165) is 18.1 Å². The van der Waals surface area contributed by atoms with E-state index in [-0.39, 0.29) is 0 Å². The highest BCUT2D eigenvalue weighted by Crippen LogP contribution is 2.19. The first-order chi connectivity index (χ1) is 7.67. The zero-order chi connectivity index (χ0) is 12.0. The third kappa shape index (κ3) is 4.12. The molecular weight excluding hydrogens is 222 g/mol. The van der Waals surface area contributed by atoms with Gasteiger partial charge < -0.3 is 10.1 Å². The van der Waals surface area contributed by atoms with Gasteiger partial charge in [-0.25, -0.2) is 0 Å². The third-order valence-corrected chi connectivity index (χ3v) is 2.83. The molecule has 0 amide bonds. The molecule has 1 rings (SSSR count). The Balaban J connectivity index is 2.63. The molecule has 1 aromatic carbocycles. The van der Waals surface area contributed by atoms with Crippen LogP contribution in [0.15, 0.2) is 24.3 Å². The monoisotopic (exact) mass is 241 g/mol. The lowest BCUT2D eigenvalue weighted by atomic mass is 10.0. The summed E-state index contributed by atoms with van der Waals surface area (Å²) in [5, 5.41) is 4.32. The lowest BCUT2D eigenvalue weighted by Crippen LogP contribution is -2.33. The molecular formula is C13H20ClNO. The molecule has 0 aliphatic carbocycles. The molecule has 0 bridgehead atoms. The van der Waals surface area contributed by atoms with Gasteiger partial charge in [0.2, 0.25) is 0 Å². The second-order valence-corrected chi connectivity index (χ2v) is 4.47. The van der Waals surface area contributed by atoms with Crippen LogP contribution in [0.4, 0.5) is 0 Å². The van der Waals surface area contributed by atoms with E-state index in [0.29, 0.717) is 12.1 Å². The van der Waals surface area contributed by atoms with E-state index < -0.39 is 0 Å². The Morgan fingerprint density at radius 2 is 1.94 bits per heavy atom. The van der Waals surface area contributed by atoms with Crippen molar-refractivity contribution in [2.75, 3.05) is 13.7 Å². The van der Waals surface area contributed by atoms with E-state index in [2.05, 4.69) is 31.3 Å². The molecule has 2 nitrogen and oxygen atoms in total. The maximum atomic E-state index is 5.87. The summed E-state index contributed by atoms with van der Waals surface area (Å²) < 4.78 is 5.12. The van der Waals surface area contributed by atoms with Gasteiger partial charge >= 0.3 is 0 Å². The highest BCUT2D eigenvalue weighted by molar-refractivity contribution is 6.30. The van der Waals surface area contributed by atoms with Crippen LogP contribution in [-0.2, 0) is 4.74 Å². The minimum Gasteiger partial charge on any atom is -0.383 e. The summed E-state index contributed by atoms with van der Waals surface area (Å²) in [4.78, 5) is 0. The predicted octanol–water partition coefficient (Wildman–Crippen LogP) is 3.42. The molecule has 0 aliphatic heterocycles. The average molecular weight is 242 g/mol. The van der Waals surface area contributed by atoms with E-state index in [1.807, 2.05) is 12.1 Å². The molecule has 2 atom stereocenters. The van der Waals surface area contributed by atoms with Crippen molar-refractivity contribution in [3.05, 3.63) is 34.9 Å². The standard InChI is InChI=1S/C13H20ClNO/c1-4-13(15-10(2)9-16-3)11-5-7-12(14)8-6-11/h5-8,10,13,15H,4,9H2,1-3H3. The van der Waals surface area contributed by atoms with Crippen LogP contribution in [-0.4, -0.2) is 19.8 Å². The molecule has 0 saturated carbocycles. The SMILES string of the molecule is CCC(NC(C)COC)c1ccc(Cl)cc1. The van der Waals surface area contributed by atoms with Gasteiger partial charge in [-0.05, 0) is 31.0 Å². The van der Waals surface area contributed by atoms with Crippen molar-refractivity contribution >= 4 is 11.6 Å². The maximum Gasteiger partial charge on any atom is 0.0613 e. The smallest absolute Gasteiger partial charge is 0.0613 e. The van der Waals surface area contributed by atoms with Gasteiger partial charge in [0, 0.05) is 24.2 Å². The molecule has 0 spiro atoms. The number of rotatable bonds is 6. The molecule has 16 heavy (non-hydrogen) atoms.